The molecular weight excluding hydrogens is 388 g/mol. The first-order valence-corrected chi connectivity index (χ1v) is 10.2. The first kappa shape index (κ1) is 20.3. The molecule has 0 fully saturated rings. The number of hydrogen-bond donors (Lipinski definition) is 2. The van der Waals surface area contributed by atoms with Crippen LogP contribution in [0.5, 0.6) is 5.75 Å². The number of hydrogen-bond acceptors (Lipinski definition) is 4. The lowest BCUT2D eigenvalue weighted by Crippen LogP contribution is -2.20. The molecule has 0 aliphatic carbocycles. The van der Waals surface area contributed by atoms with Crippen molar-refractivity contribution >= 4 is 22.4 Å². The summed E-state index contributed by atoms with van der Waals surface area (Å²) in [6, 6.07) is 21.9. The molecule has 1 heterocycles. The van der Waals surface area contributed by atoms with Crippen LogP contribution in [0.15, 0.2) is 71.8 Å². The summed E-state index contributed by atoms with van der Waals surface area (Å²) in [7, 11) is 0. The molecule has 2 N–H and O–H groups in total. The van der Waals surface area contributed by atoms with E-state index >= 15 is 0 Å². The van der Waals surface area contributed by atoms with Crippen LogP contribution >= 0.6 is 0 Å². The monoisotopic (exact) mass is 412 g/mol. The Kier molecular flexibility index (Phi) is 5.80. The zero-order valence-corrected chi connectivity index (χ0v) is 17.8. The highest BCUT2D eigenvalue weighted by molar-refractivity contribution is 6.03. The van der Waals surface area contributed by atoms with Crippen molar-refractivity contribution in [3.05, 3.63) is 83.6 Å². The minimum atomic E-state index is -0.331. The number of amides is 1. The average molecular weight is 412 g/mol. The lowest BCUT2D eigenvalue weighted by atomic mass is 10.0. The number of carbonyl (C=O) groups excluding carboxylic acids is 1. The van der Waals surface area contributed by atoms with Crippen LogP contribution in [0.3, 0.4) is 0 Å². The SMILES string of the molecule is CCOc1ccc(-c2n[nH]c(C(=O)N/N=C(/C)c3ccc4ccccc4c3)c2C)cc1. The number of rotatable bonds is 6. The van der Waals surface area contributed by atoms with Crippen LogP contribution < -0.4 is 10.2 Å². The largest absolute Gasteiger partial charge is 0.494 e. The van der Waals surface area contributed by atoms with Gasteiger partial charge in [0.05, 0.1) is 18.0 Å². The van der Waals surface area contributed by atoms with Gasteiger partial charge in [-0.1, -0.05) is 36.4 Å². The molecule has 6 nitrogen and oxygen atoms in total. The number of hydrazone groups is 1. The minimum absolute atomic E-state index is 0.331. The van der Waals surface area contributed by atoms with Crippen molar-refractivity contribution in [2.24, 2.45) is 5.10 Å². The summed E-state index contributed by atoms with van der Waals surface area (Å²) in [6.45, 7) is 6.30. The Balaban J connectivity index is 1.50. The van der Waals surface area contributed by atoms with Crippen molar-refractivity contribution in [3.63, 3.8) is 0 Å². The second-order valence-electron chi connectivity index (χ2n) is 7.23. The Labute approximate surface area is 181 Å². The fourth-order valence-corrected chi connectivity index (χ4v) is 3.45. The van der Waals surface area contributed by atoms with Gasteiger partial charge in [0, 0.05) is 11.1 Å². The van der Waals surface area contributed by atoms with Gasteiger partial charge >= 0.3 is 0 Å². The maximum atomic E-state index is 12.7. The average Bonchev–Trinajstić information content (AvgIpc) is 3.19. The van der Waals surface area contributed by atoms with Crippen LogP contribution in [0.2, 0.25) is 0 Å². The molecule has 156 valence electrons. The molecule has 4 aromatic rings. The summed E-state index contributed by atoms with van der Waals surface area (Å²) in [5.74, 6) is 0.471. The molecule has 0 saturated carbocycles. The fraction of sp³-hybridized carbons (Fsp3) is 0.160. The van der Waals surface area contributed by atoms with E-state index in [2.05, 4.69) is 38.9 Å². The maximum Gasteiger partial charge on any atom is 0.289 e. The van der Waals surface area contributed by atoms with E-state index < -0.39 is 0 Å². The van der Waals surface area contributed by atoms with Crippen molar-refractivity contribution < 1.29 is 9.53 Å². The molecule has 0 aliphatic heterocycles. The van der Waals surface area contributed by atoms with Crippen molar-refractivity contribution in [1.29, 1.82) is 0 Å². The molecule has 1 amide bonds. The molecule has 6 heteroatoms. The fourth-order valence-electron chi connectivity index (χ4n) is 3.45. The van der Waals surface area contributed by atoms with E-state index in [1.54, 1.807) is 0 Å². The molecule has 0 radical (unpaired) electrons. The predicted molar refractivity (Wildman–Crippen MR) is 124 cm³/mol. The van der Waals surface area contributed by atoms with Crippen LogP contribution in [0, 0.1) is 6.92 Å². The van der Waals surface area contributed by atoms with Crippen LogP contribution in [-0.2, 0) is 0 Å². The van der Waals surface area contributed by atoms with Gasteiger partial charge in [0.25, 0.3) is 5.91 Å². The number of carbonyl (C=O) groups is 1. The summed E-state index contributed by atoms with van der Waals surface area (Å²) >= 11 is 0. The quantitative estimate of drug-likeness (QED) is 0.342. The van der Waals surface area contributed by atoms with E-state index in [9.17, 15) is 4.79 Å². The van der Waals surface area contributed by atoms with E-state index in [1.807, 2.05) is 69.3 Å². The van der Waals surface area contributed by atoms with Gasteiger partial charge in [-0.15, -0.1) is 0 Å². The van der Waals surface area contributed by atoms with E-state index in [0.29, 0.717) is 12.3 Å². The number of nitrogens with one attached hydrogen (secondary N) is 2. The van der Waals surface area contributed by atoms with E-state index in [0.717, 1.165) is 44.6 Å². The Morgan fingerprint density at radius 3 is 2.55 bits per heavy atom. The van der Waals surface area contributed by atoms with Crippen LogP contribution in [0.4, 0.5) is 0 Å². The first-order valence-electron chi connectivity index (χ1n) is 10.2. The lowest BCUT2D eigenvalue weighted by Gasteiger charge is -2.05. The third-order valence-electron chi connectivity index (χ3n) is 5.17. The molecule has 1 aromatic heterocycles. The topological polar surface area (TPSA) is 79.4 Å². The van der Waals surface area contributed by atoms with Crippen molar-refractivity contribution in [1.82, 2.24) is 15.6 Å². The first-order chi connectivity index (χ1) is 15.1. The summed E-state index contributed by atoms with van der Waals surface area (Å²) in [4.78, 5) is 12.7. The smallest absolute Gasteiger partial charge is 0.289 e. The Bertz CT molecular complexity index is 1260. The van der Waals surface area contributed by atoms with Gasteiger partial charge in [-0.2, -0.15) is 10.2 Å². The maximum absolute atomic E-state index is 12.7. The molecule has 0 bridgehead atoms. The Morgan fingerprint density at radius 1 is 1.06 bits per heavy atom. The zero-order valence-electron chi connectivity index (χ0n) is 17.8. The van der Waals surface area contributed by atoms with E-state index in [4.69, 9.17) is 4.74 Å². The van der Waals surface area contributed by atoms with Gasteiger partial charge in [0.15, 0.2) is 0 Å². The summed E-state index contributed by atoms with van der Waals surface area (Å²) < 4.78 is 5.48. The third kappa shape index (κ3) is 4.33. The molecule has 31 heavy (non-hydrogen) atoms. The van der Waals surface area contributed by atoms with Gasteiger partial charge in [-0.3, -0.25) is 9.89 Å². The predicted octanol–water partition coefficient (Wildman–Crippen LogP) is 5.09. The van der Waals surface area contributed by atoms with Gasteiger partial charge in [-0.05, 0) is 67.4 Å². The Hall–Kier alpha value is -3.93. The lowest BCUT2D eigenvalue weighted by molar-refractivity contribution is 0.0949. The molecular formula is C25H24N4O2. The van der Waals surface area contributed by atoms with Gasteiger partial charge < -0.3 is 4.74 Å². The Morgan fingerprint density at radius 2 is 1.81 bits per heavy atom. The molecule has 0 aliphatic rings. The number of fused-ring (bicyclic) bond motifs is 1. The van der Waals surface area contributed by atoms with Gasteiger partial charge in [0.2, 0.25) is 0 Å². The number of benzene rings is 3. The van der Waals surface area contributed by atoms with Gasteiger partial charge in [-0.25, -0.2) is 5.43 Å². The number of aromatic amines is 1. The normalized spacial score (nSPS) is 11.5. The molecule has 0 spiro atoms. The second-order valence-corrected chi connectivity index (χ2v) is 7.23. The van der Waals surface area contributed by atoms with Crippen molar-refractivity contribution in [2.45, 2.75) is 20.8 Å². The number of ether oxygens (including phenoxy) is 1. The highest BCUT2D eigenvalue weighted by atomic mass is 16.5. The standard InChI is InChI=1S/C25H24N4O2/c1-4-31-22-13-11-19(12-14-22)23-16(2)24(28-27-23)25(30)29-26-17(3)20-10-9-18-7-5-6-8-21(18)15-20/h5-15H,4H2,1-3H3,(H,27,28)(H,29,30)/b26-17-. The highest BCUT2D eigenvalue weighted by Crippen LogP contribution is 2.25. The van der Waals surface area contributed by atoms with Crippen molar-refractivity contribution in [3.8, 4) is 17.0 Å². The van der Waals surface area contributed by atoms with Crippen LogP contribution in [0.25, 0.3) is 22.0 Å². The summed E-state index contributed by atoms with van der Waals surface area (Å²) in [5, 5.41) is 13.7. The number of nitrogens with zero attached hydrogens (tertiary/aromatic N) is 2. The summed E-state index contributed by atoms with van der Waals surface area (Å²) in [5.41, 5.74) is 7.10. The van der Waals surface area contributed by atoms with E-state index in [-0.39, 0.29) is 5.91 Å². The minimum Gasteiger partial charge on any atom is -0.494 e. The molecule has 3 aromatic carbocycles. The second kappa shape index (κ2) is 8.83. The highest BCUT2D eigenvalue weighted by Gasteiger charge is 2.17. The molecule has 0 saturated heterocycles. The van der Waals surface area contributed by atoms with Crippen molar-refractivity contribution in [2.75, 3.05) is 6.61 Å². The number of H-pyrrole nitrogens is 1. The van der Waals surface area contributed by atoms with Gasteiger partial charge in [0.1, 0.15) is 11.4 Å². The molecule has 0 unspecified atom stereocenters. The van der Waals surface area contributed by atoms with E-state index in [1.165, 1.54) is 0 Å². The third-order valence-corrected chi connectivity index (χ3v) is 5.17. The number of aromatic nitrogens is 2. The van der Waals surface area contributed by atoms with Crippen LogP contribution in [0.1, 0.15) is 35.5 Å². The summed E-state index contributed by atoms with van der Waals surface area (Å²) in [6.07, 6.45) is 0. The van der Waals surface area contributed by atoms with Crippen LogP contribution in [-0.4, -0.2) is 28.4 Å². The molecule has 4 rings (SSSR count). The molecule has 0 atom stereocenters. The zero-order chi connectivity index (χ0) is 21.8.